The van der Waals surface area contributed by atoms with Gasteiger partial charge in [0, 0.05) is 9.13 Å². The fraction of sp³-hybridized carbons (Fsp3) is 0.200. The molecule has 0 unspecified atom stereocenters. The average Bonchev–Trinajstić information content (AvgIpc) is 2.68. The van der Waals surface area contributed by atoms with E-state index in [1.807, 2.05) is 24.3 Å². The van der Waals surface area contributed by atoms with Crippen LogP contribution >= 0.6 is 22.6 Å². The monoisotopic (exact) mass is 317 g/mol. The molecule has 0 saturated heterocycles. The number of aromatic nitrogens is 3. The van der Waals surface area contributed by atoms with Gasteiger partial charge in [0.05, 0.1) is 6.54 Å². The van der Waals surface area contributed by atoms with Gasteiger partial charge in [-0.1, -0.05) is 12.1 Å². The summed E-state index contributed by atoms with van der Waals surface area (Å²) in [6.45, 7) is -0.160. The Bertz CT molecular complexity index is 438. The number of nitrogens with zero attached hydrogens (tertiary/aromatic N) is 3. The van der Waals surface area contributed by atoms with Gasteiger partial charge >= 0.3 is 0 Å². The summed E-state index contributed by atoms with van der Waals surface area (Å²) in [5, 5.41) is 4.16. The second kappa shape index (κ2) is 4.69. The molecule has 5 heteroatoms. The molecule has 2 aromatic rings. The summed E-state index contributed by atoms with van der Waals surface area (Å²) in [7, 11) is 0. The van der Waals surface area contributed by atoms with E-state index in [2.05, 4.69) is 32.7 Å². The molecule has 0 aliphatic rings. The van der Waals surface area contributed by atoms with E-state index < -0.39 is 6.67 Å². The van der Waals surface area contributed by atoms with Crippen LogP contribution in [0.2, 0.25) is 0 Å². The van der Waals surface area contributed by atoms with Crippen LogP contribution in [-0.2, 0) is 6.54 Å². The molecule has 0 spiro atoms. The van der Waals surface area contributed by atoms with Gasteiger partial charge in [-0.2, -0.15) is 5.10 Å². The Balaban J connectivity index is 2.25. The van der Waals surface area contributed by atoms with Crippen molar-refractivity contribution >= 4 is 22.6 Å². The van der Waals surface area contributed by atoms with Crippen molar-refractivity contribution < 1.29 is 4.39 Å². The molecule has 15 heavy (non-hydrogen) atoms. The van der Waals surface area contributed by atoms with Crippen LogP contribution in [0.1, 0.15) is 0 Å². The number of rotatable bonds is 3. The Hall–Kier alpha value is -0.980. The second-order valence-electron chi connectivity index (χ2n) is 3.03. The predicted molar refractivity (Wildman–Crippen MR) is 64.2 cm³/mol. The highest BCUT2D eigenvalue weighted by Gasteiger charge is 2.03. The van der Waals surface area contributed by atoms with Crippen molar-refractivity contribution in [3.8, 4) is 11.4 Å². The van der Waals surface area contributed by atoms with Crippen LogP contribution in [0.15, 0.2) is 30.6 Å². The minimum absolute atomic E-state index is 0.261. The molecular formula is C10H9FIN3. The van der Waals surface area contributed by atoms with E-state index in [1.54, 1.807) is 6.33 Å². The van der Waals surface area contributed by atoms with Crippen LogP contribution in [0.3, 0.4) is 0 Å². The maximum absolute atomic E-state index is 12.1. The molecule has 0 bridgehead atoms. The third-order valence-corrected chi connectivity index (χ3v) is 2.67. The molecule has 1 aromatic heterocycles. The first-order valence-electron chi connectivity index (χ1n) is 4.51. The molecule has 0 amide bonds. The van der Waals surface area contributed by atoms with Crippen molar-refractivity contribution in [2.24, 2.45) is 0 Å². The van der Waals surface area contributed by atoms with Gasteiger partial charge in [0.25, 0.3) is 0 Å². The van der Waals surface area contributed by atoms with Gasteiger partial charge < -0.3 is 0 Å². The lowest BCUT2D eigenvalue weighted by atomic mass is 10.2. The number of aryl methyl sites for hydroxylation is 1. The van der Waals surface area contributed by atoms with Crippen molar-refractivity contribution in [3.63, 3.8) is 0 Å². The number of hydrogen-bond acceptors (Lipinski definition) is 2. The van der Waals surface area contributed by atoms with Gasteiger partial charge in [0.1, 0.15) is 13.0 Å². The first kappa shape index (κ1) is 10.5. The Labute approximate surface area is 100 Å². The first-order valence-corrected chi connectivity index (χ1v) is 5.59. The van der Waals surface area contributed by atoms with Gasteiger partial charge in [0.15, 0.2) is 5.82 Å². The Morgan fingerprint density at radius 2 is 2.00 bits per heavy atom. The van der Waals surface area contributed by atoms with Crippen LogP contribution in [0.4, 0.5) is 4.39 Å². The van der Waals surface area contributed by atoms with E-state index in [-0.39, 0.29) is 6.54 Å². The lowest BCUT2D eigenvalue weighted by molar-refractivity contribution is 0.427. The zero-order valence-electron chi connectivity index (χ0n) is 7.90. The topological polar surface area (TPSA) is 30.7 Å². The molecule has 1 aromatic carbocycles. The largest absolute Gasteiger partial charge is 0.250 e. The molecule has 0 saturated carbocycles. The third-order valence-electron chi connectivity index (χ3n) is 1.95. The lowest BCUT2D eigenvalue weighted by Gasteiger charge is -1.95. The predicted octanol–water partition coefficient (Wildman–Crippen LogP) is 2.52. The smallest absolute Gasteiger partial charge is 0.181 e. The van der Waals surface area contributed by atoms with Crippen LogP contribution < -0.4 is 0 Å². The van der Waals surface area contributed by atoms with Gasteiger partial charge in [-0.25, -0.2) is 14.1 Å². The zero-order valence-corrected chi connectivity index (χ0v) is 10.1. The molecule has 0 fully saturated rings. The van der Waals surface area contributed by atoms with E-state index in [4.69, 9.17) is 0 Å². The molecule has 2 rings (SSSR count). The number of hydrogen-bond donors (Lipinski definition) is 0. The average molecular weight is 317 g/mol. The maximum atomic E-state index is 12.1. The summed E-state index contributed by atoms with van der Waals surface area (Å²) < 4.78 is 14.7. The van der Waals surface area contributed by atoms with Gasteiger partial charge in [0.2, 0.25) is 0 Å². The van der Waals surface area contributed by atoms with E-state index in [1.165, 1.54) is 8.25 Å². The molecule has 78 valence electrons. The van der Waals surface area contributed by atoms with Crippen molar-refractivity contribution in [2.75, 3.05) is 6.67 Å². The summed E-state index contributed by atoms with van der Waals surface area (Å²) in [5.41, 5.74) is 0.952. The zero-order chi connectivity index (χ0) is 10.7. The van der Waals surface area contributed by atoms with Crippen LogP contribution in [0.25, 0.3) is 11.4 Å². The first-order chi connectivity index (χ1) is 7.29. The van der Waals surface area contributed by atoms with Crippen molar-refractivity contribution in [3.05, 3.63) is 34.2 Å². The summed E-state index contributed by atoms with van der Waals surface area (Å²) in [6, 6.07) is 7.89. The standard InChI is InChI=1S/C10H9FIN3/c11-5-6-15-7-13-10(14-15)8-1-3-9(12)4-2-8/h1-4,7H,5-6H2. The van der Waals surface area contributed by atoms with Crippen LogP contribution in [0.5, 0.6) is 0 Å². The van der Waals surface area contributed by atoms with Gasteiger partial charge in [-0.3, -0.25) is 0 Å². The second-order valence-corrected chi connectivity index (χ2v) is 4.27. The molecule has 0 atom stereocenters. The lowest BCUT2D eigenvalue weighted by Crippen LogP contribution is -1.99. The van der Waals surface area contributed by atoms with Crippen molar-refractivity contribution in [1.82, 2.24) is 14.8 Å². The highest BCUT2D eigenvalue weighted by Crippen LogP contribution is 2.15. The minimum atomic E-state index is -0.421. The molecular weight excluding hydrogens is 308 g/mol. The summed E-state index contributed by atoms with van der Waals surface area (Å²) >= 11 is 2.24. The number of halogens is 2. The molecule has 0 N–H and O–H groups in total. The van der Waals surface area contributed by atoms with Crippen molar-refractivity contribution in [2.45, 2.75) is 6.54 Å². The number of alkyl halides is 1. The summed E-state index contributed by atoms with van der Waals surface area (Å²) in [4.78, 5) is 4.12. The fourth-order valence-electron chi connectivity index (χ4n) is 1.22. The van der Waals surface area contributed by atoms with Crippen LogP contribution in [0, 0.1) is 3.57 Å². The van der Waals surface area contributed by atoms with E-state index in [0.29, 0.717) is 5.82 Å². The molecule has 0 aliphatic carbocycles. The summed E-state index contributed by atoms with van der Waals surface area (Å²) in [6.07, 6.45) is 1.55. The van der Waals surface area contributed by atoms with E-state index in [0.717, 1.165) is 5.56 Å². The van der Waals surface area contributed by atoms with Gasteiger partial charge in [-0.05, 0) is 34.7 Å². The molecule has 0 aliphatic heterocycles. The van der Waals surface area contributed by atoms with Gasteiger partial charge in [-0.15, -0.1) is 0 Å². The van der Waals surface area contributed by atoms with E-state index >= 15 is 0 Å². The number of benzene rings is 1. The normalized spacial score (nSPS) is 10.5. The highest BCUT2D eigenvalue weighted by atomic mass is 127. The Kier molecular flexibility index (Phi) is 3.30. The molecule has 3 nitrogen and oxygen atoms in total. The van der Waals surface area contributed by atoms with Crippen molar-refractivity contribution in [1.29, 1.82) is 0 Å². The maximum Gasteiger partial charge on any atom is 0.181 e. The van der Waals surface area contributed by atoms with Crippen LogP contribution in [-0.4, -0.2) is 21.4 Å². The quantitative estimate of drug-likeness (QED) is 0.815. The third kappa shape index (κ3) is 2.53. The SMILES string of the molecule is FCCn1cnc(-c2ccc(I)cc2)n1. The Morgan fingerprint density at radius 3 is 2.67 bits per heavy atom. The fourth-order valence-corrected chi connectivity index (χ4v) is 1.58. The minimum Gasteiger partial charge on any atom is -0.250 e. The highest BCUT2D eigenvalue weighted by molar-refractivity contribution is 14.1. The Morgan fingerprint density at radius 1 is 1.27 bits per heavy atom. The molecule has 0 radical (unpaired) electrons. The summed E-state index contributed by atoms with van der Waals surface area (Å²) in [5.74, 6) is 0.639. The van der Waals surface area contributed by atoms with E-state index in [9.17, 15) is 4.39 Å². The molecule has 1 heterocycles.